The van der Waals surface area contributed by atoms with E-state index in [9.17, 15) is 4.79 Å². The molecule has 1 aliphatic heterocycles. The standard InChI is InChI=1S/C19H13NO2/c20-13-16-8-4-7-15(9-16)11-18-12-17(19(21)22-18)10-14-5-2-1-3-6-14/h1-9,11-12H,10H2/b18-11-. The summed E-state index contributed by atoms with van der Waals surface area (Å²) in [5.74, 6) is 0.192. The Balaban J connectivity index is 1.83. The summed E-state index contributed by atoms with van der Waals surface area (Å²) in [5, 5.41) is 8.90. The lowest BCUT2D eigenvalue weighted by Gasteiger charge is -1.99. The van der Waals surface area contributed by atoms with Crippen molar-refractivity contribution in [3.63, 3.8) is 0 Å². The summed E-state index contributed by atoms with van der Waals surface area (Å²) in [6.07, 6.45) is 4.07. The fourth-order valence-corrected chi connectivity index (χ4v) is 2.31. The second-order valence-electron chi connectivity index (χ2n) is 5.01. The molecule has 0 N–H and O–H groups in total. The third-order valence-electron chi connectivity index (χ3n) is 3.35. The molecule has 0 bridgehead atoms. The van der Waals surface area contributed by atoms with Crippen molar-refractivity contribution in [3.8, 4) is 6.07 Å². The molecule has 2 aromatic rings. The number of cyclic esters (lactones) is 1. The number of esters is 1. The van der Waals surface area contributed by atoms with E-state index in [0.29, 0.717) is 23.3 Å². The van der Waals surface area contributed by atoms with Gasteiger partial charge in [-0.1, -0.05) is 42.5 Å². The summed E-state index contributed by atoms with van der Waals surface area (Å²) in [6, 6.07) is 19.0. The molecule has 0 saturated heterocycles. The lowest BCUT2D eigenvalue weighted by molar-refractivity contribution is -0.133. The second-order valence-corrected chi connectivity index (χ2v) is 5.01. The monoisotopic (exact) mass is 287 g/mol. The van der Waals surface area contributed by atoms with Gasteiger partial charge in [0.25, 0.3) is 0 Å². The van der Waals surface area contributed by atoms with Gasteiger partial charge in [-0.3, -0.25) is 0 Å². The number of benzene rings is 2. The number of nitriles is 1. The minimum absolute atomic E-state index is 0.313. The number of allylic oxidation sites excluding steroid dienone is 1. The smallest absolute Gasteiger partial charge is 0.339 e. The second kappa shape index (κ2) is 6.11. The molecule has 0 spiro atoms. The molecule has 1 aliphatic rings. The summed E-state index contributed by atoms with van der Waals surface area (Å²) < 4.78 is 5.27. The van der Waals surface area contributed by atoms with Crippen LogP contribution in [0.5, 0.6) is 0 Å². The molecular weight excluding hydrogens is 274 g/mol. The number of hydrogen-bond donors (Lipinski definition) is 0. The number of ether oxygens (including phenoxy) is 1. The summed E-state index contributed by atoms with van der Waals surface area (Å²) >= 11 is 0. The van der Waals surface area contributed by atoms with Crippen LogP contribution in [-0.4, -0.2) is 5.97 Å². The lowest BCUT2D eigenvalue weighted by atomic mass is 10.1. The van der Waals surface area contributed by atoms with Crippen LogP contribution in [0.2, 0.25) is 0 Å². The highest BCUT2D eigenvalue weighted by atomic mass is 16.5. The average Bonchev–Trinajstić information content (AvgIpc) is 2.88. The van der Waals surface area contributed by atoms with Crippen molar-refractivity contribution in [2.45, 2.75) is 6.42 Å². The molecule has 0 amide bonds. The van der Waals surface area contributed by atoms with Crippen molar-refractivity contribution in [2.75, 3.05) is 0 Å². The fraction of sp³-hybridized carbons (Fsp3) is 0.0526. The molecule has 0 radical (unpaired) electrons. The molecule has 0 atom stereocenters. The molecule has 1 heterocycles. The zero-order chi connectivity index (χ0) is 15.4. The van der Waals surface area contributed by atoms with E-state index >= 15 is 0 Å². The third-order valence-corrected chi connectivity index (χ3v) is 3.35. The van der Waals surface area contributed by atoms with E-state index in [1.54, 1.807) is 30.4 Å². The van der Waals surface area contributed by atoms with E-state index in [2.05, 4.69) is 6.07 Å². The maximum Gasteiger partial charge on any atom is 0.339 e. The van der Waals surface area contributed by atoms with Crippen molar-refractivity contribution in [3.05, 3.63) is 88.7 Å². The van der Waals surface area contributed by atoms with Crippen LogP contribution in [0.1, 0.15) is 16.7 Å². The molecule has 0 unspecified atom stereocenters. The third kappa shape index (κ3) is 3.13. The Bertz CT molecular complexity index is 811. The first kappa shape index (κ1) is 13.8. The van der Waals surface area contributed by atoms with Crippen LogP contribution in [-0.2, 0) is 16.0 Å². The van der Waals surface area contributed by atoms with Crippen LogP contribution in [0.25, 0.3) is 6.08 Å². The lowest BCUT2D eigenvalue weighted by Crippen LogP contribution is -2.01. The van der Waals surface area contributed by atoms with Crippen LogP contribution in [0.15, 0.2) is 72.0 Å². The maximum absolute atomic E-state index is 11.9. The van der Waals surface area contributed by atoms with E-state index in [0.717, 1.165) is 11.1 Å². The molecule has 3 heteroatoms. The Hall–Kier alpha value is -3.12. The highest BCUT2D eigenvalue weighted by molar-refractivity contribution is 5.94. The summed E-state index contributed by atoms with van der Waals surface area (Å²) in [6.45, 7) is 0. The molecule has 0 aliphatic carbocycles. The highest BCUT2D eigenvalue weighted by Gasteiger charge is 2.21. The topological polar surface area (TPSA) is 50.1 Å². The normalized spacial score (nSPS) is 15.3. The first-order valence-corrected chi connectivity index (χ1v) is 6.93. The predicted octanol–water partition coefficient (Wildman–Crippen LogP) is 3.63. The first-order chi connectivity index (χ1) is 10.7. The van der Waals surface area contributed by atoms with Crippen molar-refractivity contribution >= 4 is 12.0 Å². The van der Waals surface area contributed by atoms with E-state index < -0.39 is 0 Å². The van der Waals surface area contributed by atoms with E-state index in [1.807, 2.05) is 36.4 Å². The Morgan fingerprint density at radius 1 is 1.09 bits per heavy atom. The van der Waals surface area contributed by atoms with Gasteiger partial charge < -0.3 is 4.74 Å². The number of hydrogen-bond acceptors (Lipinski definition) is 3. The molecule has 106 valence electrons. The minimum atomic E-state index is -0.313. The zero-order valence-electron chi connectivity index (χ0n) is 11.8. The molecule has 0 saturated carbocycles. The van der Waals surface area contributed by atoms with Crippen LogP contribution >= 0.6 is 0 Å². The van der Waals surface area contributed by atoms with Gasteiger partial charge in [0.2, 0.25) is 0 Å². The molecule has 3 rings (SSSR count). The molecule has 3 nitrogen and oxygen atoms in total. The summed E-state index contributed by atoms with van der Waals surface area (Å²) in [5.41, 5.74) is 3.11. The minimum Gasteiger partial charge on any atom is -0.423 e. The van der Waals surface area contributed by atoms with Crippen molar-refractivity contribution < 1.29 is 9.53 Å². The maximum atomic E-state index is 11.9. The van der Waals surface area contributed by atoms with Gasteiger partial charge in [-0.25, -0.2) is 4.79 Å². The van der Waals surface area contributed by atoms with Gasteiger partial charge in [0.15, 0.2) is 0 Å². The van der Waals surface area contributed by atoms with Crippen molar-refractivity contribution in [1.29, 1.82) is 5.26 Å². The van der Waals surface area contributed by atoms with E-state index in [4.69, 9.17) is 10.00 Å². The number of nitrogens with zero attached hydrogens (tertiary/aromatic N) is 1. The van der Waals surface area contributed by atoms with Crippen molar-refractivity contribution in [1.82, 2.24) is 0 Å². The SMILES string of the molecule is N#Cc1cccc(/C=C2/C=C(Cc3ccccc3)C(=O)O2)c1. The molecule has 0 aromatic heterocycles. The summed E-state index contributed by atoms with van der Waals surface area (Å²) in [7, 11) is 0. The Kier molecular flexibility index (Phi) is 3.84. The largest absolute Gasteiger partial charge is 0.423 e. The van der Waals surface area contributed by atoms with Crippen LogP contribution in [0, 0.1) is 11.3 Å². The van der Waals surface area contributed by atoms with Gasteiger partial charge in [0.1, 0.15) is 5.76 Å². The average molecular weight is 287 g/mol. The van der Waals surface area contributed by atoms with Gasteiger partial charge in [-0.2, -0.15) is 5.26 Å². The summed E-state index contributed by atoms with van der Waals surface area (Å²) in [4.78, 5) is 11.9. The molecular formula is C19H13NO2. The van der Waals surface area contributed by atoms with Crippen LogP contribution in [0.4, 0.5) is 0 Å². The molecule has 22 heavy (non-hydrogen) atoms. The van der Waals surface area contributed by atoms with Crippen LogP contribution in [0.3, 0.4) is 0 Å². The Labute approximate surface area is 128 Å². The van der Waals surface area contributed by atoms with Crippen molar-refractivity contribution in [2.24, 2.45) is 0 Å². The number of carbonyl (C=O) groups excluding carboxylic acids is 1. The molecule has 2 aromatic carbocycles. The van der Waals surface area contributed by atoms with Gasteiger partial charge in [0.05, 0.1) is 11.6 Å². The van der Waals surface area contributed by atoms with E-state index in [1.165, 1.54) is 0 Å². The van der Waals surface area contributed by atoms with Gasteiger partial charge in [-0.05, 0) is 35.4 Å². The van der Waals surface area contributed by atoms with Gasteiger partial charge in [-0.15, -0.1) is 0 Å². The molecule has 0 fully saturated rings. The van der Waals surface area contributed by atoms with E-state index in [-0.39, 0.29) is 5.97 Å². The van der Waals surface area contributed by atoms with Gasteiger partial charge in [0, 0.05) is 12.0 Å². The van der Waals surface area contributed by atoms with Crippen LogP contribution < -0.4 is 0 Å². The predicted molar refractivity (Wildman–Crippen MR) is 83.5 cm³/mol. The number of carbonyl (C=O) groups is 1. The first-order valence-electron chi connectivity index (χ1n) is 6.93. The quantitative estimate of drug-likeness (QED) is 0.810. The Morgan fingerprint density at radius 3 is 2.68 bits per heavy atom. The fourth-order valence-electron chi connectivity index (χ4n) is 2.31. The highest BCUT2D eigenvalue weighted by Crippen LogP contribution is 2.23. The Morgan fingerprint density at radius 2 is 1.91 bits per heavy atom. The zero-order valence-corrected chi connectivity index (χ0v) is 11.8. The number of rotatable bonds is 3. The van der Waals surface area contributed by atoms with Gasteiger partial charge >= 0.3 is 5.97 Å².